The van der Waals surface area contributed by atoms with Gasteiger partial charge in [-0.15, -0.1) is 0 Å². The predicted molar refractivity (Wildman–Crippen MR) is 54.3 cm³/mol. The van der Waals surface area contributed by atoms with E-state index >= 15 is 0 Å². The fraction of sp³-hybridized carbons (Fsp3) is 0.444. The minimum atomic E-state index is 0.0997. The van der Waals surface area contributed by atoms with Gasteiger partial charge in [0.25, 0.3) is 0 Å². The minimum absolute atomic E-state index is 0.0997. The molecule has 0 aliphatic carbocycles. The SMILES string of the molecule is Cc1ccnc(N(C)CCO)c1Cl. The first-order chi connectivity index (χ1) is 6.16. The highest BCUT2D eigenvalue weighted by Crippen LogP contribution is 2.24. The number of likely N-dealkylation sites (N-methyl/N-ethyl adjacent to an activating group) is 1. The summed E-state index contributed by atoms with van der Waals surface area (Å²) >= 11 is 6.04. The maximum Gasteiger partial charge on any atom is 0.147 e. The summed E-state index contributed by atoms with van der Waals surface area (Å²) in [5.74, 6) is 0.718. The van der Waals surface area contributed by atoms with Gasteiger partial charge < -0.3 is 10.0 Å². The molecule has 0 unspecified atom stereocenters. The Balaban J connectivity index is 2.93. The second kappa shape index (κ2) is 4.44. The van der Waals surface area contributed by atoms with Crippen molar-refractivity contribution >= 4 is 17.4 Å². The molecule has 0 aromatic carbocycles. The summed E-state index contributed by atoms with van der Waals surface area (Å²) in [6.07, 6.45) is 1.71. The maximum atomic E-state index is 8.75. The number of hydrogen-bond donors (Lipinski definition) is 1. The van der Waals surface area contributed by atoms with Gasteiger partial charge in [0.2, 0.25) is 0 Å². The number of aryl methyl sites for hydroxylation is 1. The number of halogens is 1. The zero-order valence-corrected chi connectivity index (χ0v) is 8.54. The number of rotatable bonds is 3. The van der Waals surface area contributed by atoms with Gasteiger partial charge >= 0.3 is 0 Å². The standard InChI is InChI=1S/C9H13ClN2O/c1-7-3-4-11-9(8(7)10)12(2)5-6-13/h3-4,13H,5-6H2,1-2H3. The molecule has 1 aromatic heterocycles. The van der Waals surface area contributed by atoms with Gasteiger partial charge in [-0.25, -0.2) is 4.98 Å². The van der Waals surface area contributed by atoms with Crippen LogP contribution in [0.5, 0.6) is 0 Å². The maximum absolute atomic E-state index is 8.75. The Morgan fingerprint density at radius 1 is 1.62 bits per heavy atom. The Hall–Kier alpha value is -0.800. The number of anilines is 1. The third-order valence-electron chi connectivity index (χ3n) is 1.86. The Kier molecular flexibility index (Phi) is 3.51. The van der Waals surface area contributed by atoms with Crippen LogP contribution in [0.4, 0.5) is 5.82 Å². The Morgan fingerprint density at radius 2 is 2.31 bits per heavy atom. The largest absolute Gasteiger partial charge is 0.395 e. The molecule has 0 saturated carbocycles. The van der Waals surface area contributed by atoms with E-state index in [-0.39, 0.29) is 6.61 Å². The molecule has 0 aliphatic heterocycles. The molecule has 0 radical (unpaired) electrons. The molecule has 4 heteroatoms. The zero-order chi connectivity index (χ0) is 9.84. The van der Waals surface area contributed by atoms with Crippen LogP contribution in [-0.2, 0) is 0 Å². The molecule has 1 aromatic rings. The van der Waals surface area contributed by atoms with Crippen LogP contribution in [0.3, 0.4) is 0 Å². The number of nitrogens with zero attached hydrogens (tertiary/aromatic N) is 2. The Bertz CT molecular complexity index is 291. The fourth-order valence-corrected chi connectivity index (χ4v) is 1.30. The van der Waals surface area contributed by atoms with Gasteiger partial charge in [0.15, 0.2) is 0 Å². The highest BCUT2D eigenvalue weighted by molar-refractivity contribution is 6.33. The Morgan fingerprint density at radius 3 is 2.92 bits per heavy atom. The monoisotopic (exact) mass is 200 g/mol. The smallest absolute Gasteiger partial charge is 0.147 e. The first-order valence-corrected chi connectivity index (χ1v) is 4.47. The van der Waals surface area contributed by atoms with Crippen molar-refractivity contribution in [1.29, 1.82) is 0 Å². The molecule has 3 nitrogen and oxygen atoms in total. The van der Waals surface area contributed by atoms with E-state index in [1.54, 1.807) is 6.20 Å². The van der Waals surface area contributed by atoms with E-state index in [9.17, 15) is 0 Å². The first kappa shape index (κ1) is 10.3. The molecule has 0 aliphatic rings. The van der Waals surface area contributed by atoms with E-state index in [4.69, 9.17) is 16.7 Å². The van der Waals surface area contributed by atoms with E-state index in [1.807, 2.05) is 24.9 Å². The van der Waals surface area contributed by atoms with E-state index in [1.165, 1.54) is 0 Å². The summed E-state index contributed by atoms with van der Waals surface area (Å²) in [5, 5.41) is 9.40. The molecule has 13 heavy (non-hydrogen) atoms. The van der Waals surface area contributed by atoms with Crippen LogP contribution < -0.4 is 4.90 Å². The van der Waals surface area contributed by atoms with Gasteiger partial charge in [-0.2, -0.15) is 0 Å². The van der Waals surface area contributed by atoms with Crippen LogP contribution in [0.2, 0.25) is 5.02 Å². The van der Waals surface area contributed by atoms with Crippen molar-refractivity contribution in [3.05, 3.63) is 22.8 Å². The summed E-state index contributed by atoms with van der Waals surface area (Å²) in [4.78, 5) is 5.97. The highest BCUT2D eigenvalue weighted by atomic mass is 35.5. The van der Waals surface area contributed by atoms with Crippen LogP contribution in [0.25, 0.3) is 0 Å². The number of aromatic nitrogens is 1. The van der Waals surface area contributed by atoms with Crippen molar-refractivity contribution < 1.29 is 5.11 Å². The van der Waals surface area contributed by atoms with Gasteiger partial charge in [0, 0.05) is 19.8 Å². The van der Waals surface area contributed by atoms with Crippen molar-refractivity contribution in [3.8, 4) is 0 Å². The summed E-state index contributed by atoms with van der Waals surface area (Å²) in [6, 6.07) is 1.86. The van der Waals surface area contributed by atoms with Crippen LogP contribution in [0.1, 0.15) is 5.56 Å². The van der Waals surface area contributed by atoms with Gasteiger partial charge in [0.1, 0.15) is 5.82 Å². The van der Waals surface area contributed by atoms with Crippen LogP contribution in [0.15, 0.2) is 12.3 Å². The average Bonchev–Trinajstić information content (AvgIpc) is 2.10. The second-order valence-electron chi connectivity index (χ2n) is 2.91. The third kappa shape index (κ3) is 2.32. The van der Waals surface area contributed by atoms with Crippen LogP contribution >= 0.6 is 11.6 Å². The van der Waals surface area contributed by atoms with Gasteiger partial charge in [-0.1, -0.05) is 11.6 Å². The first-order valence-electron chi connectivity index (χ1n) is 4.10. The van der Waals surface area contributed by atoms with E-state index in [2.05, 4.69) is 4.98 Å². The van der Waals surface area contributed by atoms with E-state index < -0.39 is 0 Å². The van der Waals surface area contributed by atoms with E-state index in [0.29, 0.717) is 11.6 Å². The Labute approximate surface area is 83.0 Å². The fourth-order valence-electron chi connectivity index (χ4n) is 1.05. The van der Waals surface area contributed by atoms with Gasteiger partial charge in [-0.05, 0) is 18.6 Å². The zero-order valence-electron chi connectivity index (χ0n) is 7.79. The molecule has 1 heterocycles. The molecule has 0 atom stereocenters. The van der Waals surface area contributed by atoms with Crippen molar-refractivity contribution in [3.63, 3.8) is 0 Å². The summed E-state index contributed by atoms with van der Waals surface area (Å²) in [6.45, 7) is 2.57. The van der Waals surface area contributed by atoms with Crippen molar-refractivity contribution in [1.82, 2.24) is 4.98 Å². The minimum Gasteiger partial charge on any atom is -0.395 e. The van der Waals surface area contributed by atoms with Crippen molar-refractivity contribution in [2.45, 2.75) is 6.92 Å². The number of pyridine rings is 1. The average molecular weight is 201 g/mol. The molecular weight excluding hydrogens is 188 g/mol. The highest BCUT2D eigenvalue weighted by Gasteiger charge is 2.08. The second-order valence-corrected chi connectivity index (χ2v) is 3.29. The molecule has 0 spiro atoms. The number of aliphatic hydroxyl groups excluding tert-OH is 1. The lowest BCUT2D eigenvalue weighted by Crippen LogP contribution is -2.22. The summed E-state index contributed by atoms with van der Waals surface area (Å²) in [7, 11) is 1.85. The lowest BCUT2D eigenvalue weighted by atomic mass is 10.3. The lowest BCUT2D eigenvalue weighted by molar-refractivity contribution is 0.304. The quantitative estimate of drug-likeness (QED) is 0.803. The molecule has 1 rings (SSSR count). The molecule has 0 amide bonds. The molecule has 1 N–H and O–H groups in total. The van der Waals surface area contributed by atoms with Crippen molar-refractivity contribution in [2.24, 2.45) is 0 Å². The summed E-state index contributed by atoms with van der Waals surface area (Å²) < 4.78 is 0. The normalized spacial score (nSPS) is 10.2. The van der Waals surface area contributed by atoms with Gasteiger partial charge in [-0.3, -0.25) is 0 Å². The molecular formula is C9H13ClN2O. The predicted octanol–water partition coefficient (Wildman–Crippen LogP) is 1.47. The van der Waals surface area contributed by atoms with Crippen LogP contribution in [0, 0.1) is 6.92 Å². The third-order valence-corrected chi connectivity index (χ3v) is 2.33. The molecule has 0 saturated heterocycles. The molecule has 0 bridgehead atoms. The summed E-state index contributed by atoms with van der Waals surface area (Å²) in [5.41, 5.74) is 0.997. The van der Waals surface area contributed by atoms with Crippen LogP contribution in [-0.4, -0.2) is 30.3 Å². The molecule has 0 fully saturated rings. The topological polar surface area (TPSA) is 36.4 Å². The van der Waals surface area contributed by atoms with E-state index in [0.717, 1.165) is 11.4 Å². The number of hydrogen-bond acceptors (Lipinski definition) is 3. The number of aliphatic hydroxyl groups is 1. The van der Waals surface area contributed by atoms with Crippen molar-refractivity contribution in [2.75, 3.05) is 25.1 Å². The molecule has 72 valence electrons. The van der Waals surface area contributed by atoms with Gasteiger partial charge in [0.05, 0.1) is 11.6 Å². The lowest BCUT2D eigenvalue weighted by Gasteiger charge is -2.18.